The van der Waals surface area contributed by atoms with Crippen LogP contribution in [0.5, 0.6) is 0 Å². The Morgan fingerprint density at radius 3 is 2.68 bits per heavy atom. The Morgan fingerprint density at radius 2 is 1.96 bits per heavy atom. The number of aliphatic hydroxyl groups excluding tert-OH is 1. The van der Waals surface area contributed by atoms with Gasteiger partial charge in [0.05, 0.1) is 6.61 Å². The Labute approximate surface area is 147 Å². The number of hydrogen-bond acceptors (Lipinski definition) is 3. The van der Waals surface area contributed by atoms with Gasteiger partial charge in [-0.15, -0.1) is 0 Å². The molecule has 0 radical (unpaired) electrons. The van der Waals surface area contributed by atoms with Crippen molar-refractivity contribution in [1.29, 1.82) is 0 Å². The summed E-state index contributed by atoms with van der Waals surface area (Å²) >= 11 is 0. The van der Waals surface area contributed by atoms with E-state index in [1.165, 1.54) is 19.3 Å². The van der Waals surface area contributed by atoms with Crippen molar-refractivity contribution in [2.24, 2.45) is 5.92 Å². The monoisotopic (exact) mass is 343 g/mol. The minimum absolute atomic E-state index is 0.336. The molecule has 3 rings (SSSR count). The van der Waals surface area contributed by atoms with Gasteiger partial charge in [-0.1, -0.05) is 37.5 Å². The van der Waals surface area contributed by atoms with Crippen molar-refractivity contribution < 1.29 is 14.7 Å². The van der Waals surface area contributed by atoms with E-state index in [1.807, 2.05) is 24.3 Å². The van der Waals surface area contributed by atoms with Crippen LogP contribution in [0.4, 0.5) is 0 Å². The second-order valence-electron chi connectivity index (χ2n) is 6.73. The summed E-state index contributed by atoms with van der Waals surface area (Å²) in [6.45, 7) is 0.181. The maximum absolute atomic E-state index is 12.4. The van der Waals surface area contributed by atoms with E-state index in [2.05, 4.69) is 15.6 Å². The largest absolute Gasteiger partial charge is 0.394 e. The molecule has 1 fully saturated rings. The third-order valence-corrected chi connectivity index (χ3v) is 4.87. The first-order chi connectivity index (χ1) is 12.2. The standard InChI is InChI=1S/C19H25N3O3/c23-12-17(18(24)20-11-13-6-2-1-3-7-13)22-19(25)16-10-14-8-4-5-9-15(14)21-16/h4-5,8-10,13,17,21,23H,1-3,6-7,11-12H2,(H,20,24)(H,22,25). The summed E-state index contributed by atoms with van der Waals surface area (Å²) < 4.78 is 0. The van der Waals surface area contributed by atoms with Crippen LogP contribution in [0.25, 0.3) is 10.9 Å². The molecule has 4 N–H and O–H groups in total. The van der Waals surface area contributed by atoms with Crippen molar-refractivity contribution >= 4 is 22.7 Å². The minimum Gasteiger partial charge on any atom is -0.394 e. The zero-order chi connectivity index (χ0) is 17.6. The lowest BCUT2D eigenvalue weighted by atomic mass is 9.89. The van der Waals surface area contributed by atoms with E-state index in [4.69, 9.17) is 0 Å². The van der Waals surface area contributed by atoms with E-state index < -0.39 is 18.6 Å². The number of H-pyrrole nitrogens is 1. The molecule has 0 spiro atoms. The summed E-state index contributed by atoms with van der Waals surface area (Å²) in [6, 6.07) is 8.36. The Hall–Kier alpha value is -2.34. The van der Waals surface area contributed by atoms with Crippen LogP contribution in [-0.4, -0.2) is 41.1 Å². The third-order valence-electron chi connectivity index (χ3n) is 4.87. The molecule has 0 bridgehead atoms. The van der Waals surface area contributed by atoms with Crippen LogP contribution in [-0.2, 0) is 4.79 Å². The molecular weight excluding hydrogens is 318 g/mol. The molecule has 1 saturated carbocycles. The lowest BCUT2D eigenvalue weighted by Crippen LogP contribution is -2.49. The van der Waals surface area contributed by atoms with Crippen molar-refractivity contribution in [2.45, 2.75) is 38.1 Å². The number of aromatic amines is 1. The number of hydrogen-bond donors (Lipinski definition) is 4. The van der Waals surface area contributed by atoms with Gasteiger partial charge in [0.15, 0.2) is 0 Å². The van der Waals surface area contributed by atoms with E-state index >= 15 is 0 Å². The average molecular weight is 343 g/mol. The number of amides is 2. The van der Waals surface area contributed by atoms with Gasteiger partial charge in [-0.3, -0.25) is 9.59 Å². The highest BCUT2D eigenvalue weighted by Gasteiger charge is 2.22. The topological polar surface area (TPSA) is 94.2 Å². The summed E-state index contributed by atoms with van der Waals surface area (Å²) in [4.78, 5) is 27.6. The first-order valence-corrected chi connectivity index (χ1v) is 8.94. The predicted molar refractivity (Wildman–Crippen MR) is 96.2 cm³/mol. The van der Waals surface area contributed by atoms with Crippen LogP contribution >= 0.6 is 0 Å². The lowest BCUT2D eigenvalue weighted by Gasteiger charge is -2.23. The molecule has 1 aliphatic carbocycles. The molecule has 6 nitrogen and oxygen atoms in total. The molecule has 2 aromatic rings. The fraction of sp³-hybridized carbons (Fsp3) is 0.474. The number of carbonyl (C=O) groups excluding carboxylic acids is 2. The maximum atomic E-state index is 12.4. The van der Waals surface area contributed by atoms with Gasteiger partial charge < -0.3 is 20.7 Å². The molecule has 134 valence electrons. The average Bonchev–Trinajstić information content (AvgIpc) is 3.09. The van der Waals surface area contributed by atoms with Crippen molar-refractivity contribution in [3.8, 4) is 0 Å². The zero-order valence-electron chi connectivity index (χ0n) is 14.3. The molecule has 1 aromatic heterocycles. The molecule has 1 aliphatic rings. The van der Waals surface area contributed by atoms with Crippen molar-refractivity contribution in [1.82, 2.24) is 15.6 Å². The van der Waals surface area contributed by atoms with Gasteiger partial charge >= 0.3 is 0 Å². The molecule has 1 atom stereocenters. The zero-order valence-corrected chi connectivity index (χ0v) is 14.3. The van der Waals surface area contributed by atoms with Gasteiger partial charge in [0.2, 0.25) is 5.91 Å². The van der Waals surface area contributed by atoms with Crippen LogP contribution in [0.15, 0.2) is 30.3 Å². The second kappa shape index (κ2) is 8.16. The number of aliphatic hydroxyl groups is 1. The molecule has 0 aliphatic heterocycles. The number of nitrogens with one attached hydrogen (secondary N) is 3. The molecule has 25 heavy (non-hydrogen) atoms. The van der Waals surface area contributed by atoms with Crippen LogP contribution in [0.2, 0.25) is 0 Å². The summed E-state index contributed by atoms with van der Waals surface area (Å²) in [5.74, 6) is -0.234. The predicted octanol–water partition coefficient (Wildman–Crippen LogP) is 1.96. The molecule has 6 heteroatoms. The quantitative estimate of drug-likeness (QED) is 0.646. The highest BCUT2D eigenvalue weighted by atomic mass is 16.3. The van der Waals surface area contributed by atoms with Gasteiger partial charge in [0.1, 0.15) is 11.7 Å². The number of para-hydroxylation sites is 1. The minimum atomic E-state index is -0.942. The smallest absolute Gasteiger partial charge is 0.268 e. The number of fused-ring (bicyclic) bond motifs is 1. The Morgan fingerprint density at radius 1 is 1.20 bits per heavy atom. The van der Waals surface area contributed by atoms with E-state index in [0.29, 0.717) is 18.2 Å². The van der Waals surface area contributed by atoms with Crippen molar-refractivity contribution in [2.75, 3.05) is 13.2 Å². The Balaban J connectivity index is 1.56. The van der Waals surface area contributed by atoms with Gasteiger partial charge in [-0.05, 0) is 30.9 Å². The molecule has 1 unspecified atom stereocenters. The van der Waals surface area contributed by atoms with Gasteiger partial charge in [0.25, 0.3) is 5.91 Å². The first-order valence-electron chi connectivity index (χ1n) is 8.94. The first kappa shape index (κ1) is 17.5. The van der Waals surface area contributed by atoms with E-state index in [0.717, 1.165) is 23.7 Å². The third kappa shape index (κ3) is 4.39. The van der Waals surface area contributed by atoms with Crippen LogP contribution in [0.3, 0.4) is 0 Å². The van der Waals surface area contributed by atoms with E-state index in [1.54, 1.807) is 6.07 Å². The van der Waals surface area contributed by atoms with Crippen molar-refractivity contribution in [3.05, 3.63) is 36.0 Å². The summed E-state index contributed by atoms with van der Waals surface area (Å²) in [5, 5.41) is 15.9. The normalized spacial score (nSPS) is 16.5. The lowest BCUT2D eigenvalue weighted by molar-refractivity contribution is -0.124. The SMILES string of the molecule is O=C(NC(CO)C(=O)NCC1CCCCC1)c1cc2ccccc2[nH]1. The van der Waals surface area contributed by atoms with E-state index in [-0.39, 0.29) is 5.91 Å². The number of carbonyl (C=O) groups is 2. The molecular formula is C19H25N3O3. The van der Waals surface area contributed by atoms with Crippen LogP contribution < -0.4 is 10.6 Å². The highest BCUT2D eigenvalue weighted by Crippen LogP contribution is 2.22. The molecule has 1 heterocycles. The van der Waals surface area contributed by atoms with Gasteiger partial charge in [-0.2, -0.15) is 0 Å². The van der Waals surface area contributed by atoms with Crippen LogP contribution in [0.1, 0.15) is 42.6 Å². The molecule has 2 amide bonds. The van der Waals surface area contributed by atoms with E-state index in [9.17, 15) is 14.7 Å². The fourth-order valence-corrected chi connectivity index (χ4v) is 3.39. The molecule has 0 saturated heterocycles. The van der Waals surface area contributed by atoms with Gasteiger partial charge in [0, 0.05) is 17.4 Å². The number of benzene rings is 1. The highest BCUT2D eigenvalue weighted by molar-refractivity contribution is 6.00. The number of rotatable bonds is 6. The fourth-order valence-electron chi connectivity index (χ4n) is 3.39. The summed E-state index contributed by atoms with van der Waals surface area (Å²) in [7, 11) is 0. The Kier molecular flexibility index (Phi) is 5.71. The second-order valence-corrected chi connectivity index (χ2v) is 6.73. The number of aromatic nitrogens is 1. The molecule has 1 aromatic carbocycles. The van der Waals surface area contributed by atoms with Crippen molar-refractivity contribution in [3.63, 3.8) is 0 Å². The summed E-state index contributed by atoms with van der Waals surface area (Å²) in [5.41, 5.74) is 1.23. The van der Waals surface area contributed by atoms with Gasteiger partial charge in [-0.25, -0.2) is 0 Å². The van der Waals surface area contributed by atoms with Crippen LogP contribution in [0, 0.1) is 5.92 Å². The maximum Gasteiger partial charge on any atom is 0.268 e. The summed E-state index contributed by atoms with van der Waals surface area (Å²) in [6.07, 6.45) is 5.95. The Bertz CT molecular complexity index is 701.